The van der Waals surface area contributed by atoms with Crippen molar-refractivity contribution in [3.8, 4) is 0 Å². The molecule has 2 aromatic rings. The normalized spacial score (nSPS) is 24.8. The molecule has 0 bridgehead atoms. The largest absolute Gasteiger partial charge is 0.380 e. The summed E-state index contributed by atoms with van der Waals surface area (Å²) in [5.41, 5.74) is -0.120. The topological polar surface area (TPSA) is 98.6 Å². The smallest absolute Gasteiger partial charge is 0.244 e. The summed E-state index contributed by atoms with van der Waals surface area (Å²) in [4.78, 5) is 6.24. The van der Waals surface area contributed by atoms with Crippen LogP contribution in [-0.2, 0) is 26.9 Å². The van der Waals surface area contributed by atoms with Gasteiger partial charge in [0.1, 0.15) is 28.2 Å². The first kappa shape index (κ1) is 21.4. The second-order valence-electron chi connectivity index (χ2n) is 7.86. The Hall–Kier alpha value is -2.79. The fraction of sp³-hybridized carbons (Fsp3) is 0.400. The highest BCUT2D eigenvalue weighted by Crippen LogP contribution is 2.42. The van der Waals surface area contributed by atoms with Crippen molar-refractivity contribution in [3.63, 3.8) is 0 Å². The number of hydrogen-bond donors (Lipinski definition) is 2. The van der Waals surface area contributed by atoms with Gasteiger partial charge in [0.25, 0.3) is 0 Å². The van der Waals surface area contributed by atoms with Crippen molar-refractivity contribution in [2.45, 2.75) is 24.3 Å². The number of hydrogen-bond acceptors (Lipinski definition) is 6. The molecule has 2 aliphatic rings. The van der Waals surface area contributed by atoms with Crippen molar-refractivity contribution >= 4 is 21.8 Å². The lowest BCUT2D eigenvalue weighted by Crippen LogP contribution is -2.67. The summed E-state index contributed by atoms with van der Waals surface area (Å²) in [5.74, 6) is -1.34. The third-order valence-electron chi connectivity index (χ3n) is 5.82. The van der Waals surface area contributed by atoms with E-state index in [0.29, 0.717) is 18.1 Å². The van der Waals surface area contributed by atoms with Gasteiger partial charge in [0.05, 0.1) is 6.61 Å². The van der Waals surface area contributed by atoms with E-state index in [1.807, 2.05) is 13.0 Å². The minimum Gasteiger partial charge on any atom is -0.380 e. The van der Waals surface area contributed by atoms with Crippen LogP contribution in [0.1, 0.15) is 16.8 Å². The van der Waals surface area contributed by atoms with Gasteiger partial charge in [0, 0.05) is 38.5 Å². The molecule has 0 amide bonds. The quantitative estimate of drug-likeness (QED) is 0.734. The van der Waals surface area contributed by atoms with Crippen LogP contribution in [0.4, 0.5) is 14.6 Å². The first-order chi connectivity index (χ1) is 14.6. The van der Waals surface area contributed by atoms with Gasteiger partial charge in [-0.1, -0.05) is 0 Å². The van der Waals surface area contributed by atoms with E-state index in [4.69, 9.17) is 10.1 Å². The number of halogens is 2. The van der Waals surface area contributed by atoms with Gasteiger partial charge in [-0.15, -0.1) is 0 Å². The summed E-state index contributed by atoms with van der Waals surface area (Å²) >= 11 is 0. The molecule has 2 N–H and O–H groups in total. The number of rotatable bonds is 4. The van der Waals surface area contributed by atoms with Crippen LogP contribution in [-0.4, -0.2) is 56.2 Å². The van der Waals surface area contributed by atoms with Crippen LogP contribution in [0.2, 0.25) is 0 Å². The molecule has 31 heavy (non-hydrogen) atoms. The average Bonchev–Trinajstić information content (AvgIpc) is 3.10. The third kappa shape index (κ3) is 3.41. The zero-order chi connectivity index (χ0) is 22.6. The number of ether oxygens (including phenoxy) is 1. The maximum Gasteiger partial charge on any atom is 0.244 e. The standard InChI is InChI=1S/C20H23F2N5O3S/c1-12-6-13(10-30-3)7-18(24-12)27-9-17-20(11-27,15-8-14(21)4-5-16(15)22)25-19(23)26(2)31(17,28)29/h4-8,17H,9-11H2,1-3H3,(H2,23,25)/t17?,20-/m1/s1. The Morgan fingerprint density at radius 1 is 1.32 bits per heavy atom. The molecule has 3 heterocycles. The number of methoxy groups -OCH3 is 1. The van der Waals surface area contributed by atoms with Crippen molar-refractivity contribution in [2.24, 2.45) is 0 Å². The highest BCUT2D eigenvalue weighted by atomic mass is 32.2. The average molecular weight is 451 g/mol. The number of anilines is 1. The van der Waals surface area contributed by atoms with E-state index >= 15 is 0 Å². The second kappa shape index (κ2) is 7.41. The van der Waals surface area contributed by atoms with Gasteiger partial charge >= 0.3 is 0 Å². The van der Waals surface area contributed by atoms with Gasteiger partial charge in [-0.05, 0) is 42.8 Å². The van der Waals surface area contributed by atoms with Crippen LogP contribution < -0.4 is 10.2 Å². The summed E-state index contributed by atoms with van der Waals surface area (Å²) in [6.45, 7) is 2.13. The first-order valence-electron chi connectivity index (χ1n) is 9.60. The molecule has 166 valence electrons. The lowest BCUT2D eigenvalue weighted by atomic mass is 9.87. The highest BCUT2D eigenvalue weighted by Gasteiger charge is 2.60. The minimum atomic E-state index is -4.03. The maximum absolute atomic E-state index is 14.9. The maximum atomic E-state index is 14.9. The predicted octanol–water partition coefficient (Wildman–Crippen LogP) is 1.70. The Kier molecular flexibility index (Phi) is 5.13. The van der Waals surface area contributed by atoms with Gasteiger partial charge in [-0.25, -0.2) is 26.5 Å². The van der Waals surface area contributed by atoms with E-state index in [0.717, 1.165) is 28.1 Å². The zero-order valence-corrected chi connectivity index (χ0v) is 18.1. The van der Waals surface area contributed by atoms with Crippen LogP contribution >= 0.6 is 0 Å². The Morgan fingerprint density at radius 2 is 2.06 bits per heavy atom. The molecule has 0 spiro atoms. The SMILES string of the molecule is COCc1cc(C)nc(N2CC3[C@](c4cc(F)ccc4F)(C2)NC(=N)N(C)S3(=O)=O)c1. The summed E-state index contributed by atoms with van der Waals surface area (Å²) in [5, 5.41) is 9.86. The van der Waals surface area contributed by atoms with Gasteiger partial charge in [0.15, 0.2) is 0 Å². The lowest BCUT2D eigenvalue weighted by molar-refractivity contribution is 0.185. The molecular formula is C20H23F2N5O3S. The predicted molar refractivity (Wildman–Crippen MR) is 111 cm³/mol. The molecular weight excluding hydrogens is 428 g/mol. The van der Waals surface area contributed by atoms with E-state index in [2.05, 4.69) is 10.3 Å². The number of aryl methyl sites for hydroxylation is 1. The van der Waals surface area contributed by atoms with Crippen LogP contribution in [0.5, 0.6) is 0 Å². The van der Waals surface area contributed by atoms with Gasteiger partial charge in [-0.2, -0.15) is 0 Å². The molecule has 1 aromatic heterocycles. The summed E-state index contributed by atoms with van der Waals surface area (Å²) in [7, 11) is -1.20. The number of nitrogens with one attached hydrogen (secondary N) is 2. The van der Waals surface area contributed by atoms with E-state index in [1.165, 1.54) is 7.05 Å². The van der Waals surface area contributed by atoms with E-state index in [9.17, 15) is 17.2 Å². The molecule has 11 heteroatoms. The molecule has 4 rings (SSSR count). The lowest BCUT2D eigenvalue weighted by Gasteiger charge is -2.43. The van der Waals surface area contributed by atoms with Crippen molar-refractivity contribution < 1.29 is 21.9 Å². The van der Waals surface area contributed by atoms with Gasteiger partial charge in [-0.3, -0.25) is 5.41 Å². The fourth-order valence-electron chi connectivity index (χ4n) is 4.37. The Bertz CT molecular complexity index is 1160. The first-order valence-corrected chi connectivity index (χ1v) is 11.1. The third-order valence-corrected chi connectivity index (χ3v) is 8.03. The molecule has 2 aliphatic heterocycles. The Balaban J connectivity index is 1.88. The number of benzene rings is 1. The molecule has 1 unspecified atom stereocenters. The van der Waals surface area contributed by atoms with Gasteiger partial charge < -0.3 is 15.0 Å². The van der Waals surface area contributed by atoms with Gasteiger partial charge in [0.2, 0.25) is 16.0 Å². The number of aromatic nitrogens is 1. The fourth-order valence-corrected chi connectivity index (χ4v) is 6.19. The number of nitrogens with zero attached hydrogens (tertiary/aromatic N) is 3. The molecule has 2 saturated heterocycles. The molecule has 0 saturated carbocycles. The minimum absolute atomic E-state index is 0.00815. The van der Waals surface area contributed by atoms with E-state index in [-0.39, 0.29) is 18.7 Å². The number of sulfonamides is 1. The summed E-state index contributed by atoms with van der Waals surface area (Å²) in [6.07, 6.45) is 0. The Morgan fingerprint density at radius 3 is 2.77 bits per heavy atom. The number of guanidine groups is 1. The van der Waals surface area contributed by atoms with Crippen molar-refractivity contribution in [1.82, 2.24) is 14.6 Å². The number of pyridine rings is 1. The molecule has 2 atom stereocenters. The zero-order valence-electron chi connectivity index (χ0n) is 17.3. The molecule has 0 aliphatic carbocycles. The van der Waals surface area contributed by atoms with Crippen molar-refractivity contribution in [3.05, 3.63) is 58.8 Å². The molecule has 2 fully saturated rings. The van der Waals surface area contributed by atoms with Crippen LogP contribution in [0.3, 0.4) is 0 Å². The van der Waals surface area contributed by atoms with Crippen LogP contribution in [0.25, 0.3) is 0 Å². The molecule has 8 nitrogen and oxygen atoms in total. The van der Waals surface area contributed by atoms with Crippen LogP contribution in [0, 0.1) is 24.0 Å². The second-order valence-corrected chi connectivity index (χ2v) is 10.0. The summed E-state index contributed by atoms with van der Waals surface area (Å²) < 4.78 is 61.5. The highest BCUT2D eigenvalue weighted by molar-refractivity contribution is 7.90. The van der Waals surface area contributed by atoms with Crippen molar-refractivity contribution in [2.75, 3.05) is 32.1 Å². The monoisotopic (exact) mass is 451 g/mol. The van der Waals surface area contributed by atoms with Crippen molar-refractivity contribution in [1.29, 1.82) is 5.41 Å². The Labute approximate surface area is 179 Å². The van der Waals surface area contributed by atoms with Crippen LogP contribution in [0.15, 0.2) is 30.3 Å². The molecule has 1 aromatic carbocycles. The van der Waals surface area contributed by atoms with E-state index in [1.54, 1.807) is 18.1 Å². The number of fused-ring (bicyclic) bond motifs is 1. The summed E-state index contributed by atoms with van der Waals surface area (Å²) in [6, 6.07) is 6.58. The molecule has 0 radical (unpaired) electrons. The van der Waals surface area contributed by atoms with E-state index < -0.39 is 38.4 Å².